The van der Waals surface area contributed by atoms with Crippen LogP contribution >= 0.6 is 15.9 Å². The third-order valence-electron chi connectivity index (χ3n) is 4.10. The minimum Gasteiger partial charge on any atom is -0.0876 e. The Morgan fingerprint density at radius 3 is 1.00 bits per heavy atom. The van der Waals surface area contributed by atoms with Gasteiger partial charge in [-0.05, 0) is 27.8 Å². The van der Waals surface area contributed by atoms with Crippen molar-refractivity contribution in [2.24, 2.45) is 0 Å². The van der Waals surface area contributed by atoms with Crippen LogP contribution in [0.1, 0.15) is 5.56 Å². The smallest absolute Gasteiger partial charge is 0.0283 e. The van der Waals surface area contributed by atoms with E-state index in [9.17, 15) is 0 Å². The first-order chi connectivity index (χ1) is 12.9. The molecule has 0 saturated heterocycles. The van der Waals surface area contributed by atoms with Crippen molar-refractivity contribution in [3.63, 3.8) is 0 Å². The summed E-state index contributed by atoms with van der Waals surface area (Å²) >= 11 is 3.44. The number of rotatable bonds is 3. The second kappa shape index (κ2) is 9.74. The summed E-state index contributed by atoms with van der Waals surface area (Å²) in [5.74, 6) is 0. The lowest BCUT2D eigenvalue weighted by molar-refractivity contribution is 1.44. The van der Waals surface area contributed by atoms with E-state index in [1.54, 1.807) is 0 Å². The fourth-order valence-corrected chi connectivity index (χ4v) is 3.05. The Morgan fingerprint density at radius 1 is 0.385 bits per heavy atom. The molecule has 0 atom stereocenters. The first-order valence-electron chi connectivity index (χ1n) is 8.67. The number of halogens is 1. The van der Waals surface area contributed by atoms with Crippen LogP contribution in [-0.2, 0) is 5.33 Å². The van der Waals surface area contributed by atoms with Crippen LogP contribution in [0.4, 0.5) is 0 Å². The Balaban J connectivity index is 0.000000152. The lowest BCUT2D eigenvalue weighted by Gasteiger charge is -2.01. The summed E-state index contributed by atoms with van der Waals surface area (Å²) in [5, 5.41) is 0.919. The van der Waals surface area contributed by atoms with Crippen molar-refractivity contribution in [3.05, 3.63) is 121 Å². The predicted molar refractivity (Wildman–Crippen MR) is 116 cm³/mol. The maximum absolute atomic E-state index is 3.44. The highest BCUT2D eigenvalue weighted by atomic mass is 79.9. The summed E-state index contributed by atoms with van der Waals surface area (Å²) in [7, 11) is 0. The average molecular weight is 401 g/mol. The van der Waals surface area contributed by atoms with Gasteiger partial charge in [-0.3, -0.25) is 0 Å². The van der Waals surface area contributed by atoms with E-state index in [1.807, 2.05) is 18.2 Å². The van der Waals surface area contributed by atoms with Crippen LogP contribution in [-0.4, -0.2) is 0 Å². The normalized spacial score (nSPS) is 9.88. The summed E-state index contributed by atoms with van der Waals surface area (Å²) in [6.07, 6.45) is 0. The fraction of sp³-hybridized carbons (Fsp3) is 0.0400. The van der Waals surface area contributed by atoms with Gasteiger partial charge in [-0.2, -0.15) is 0 Å². The van der Waals surface area contributed by atoms with Gasteiger partial charge in [-0.15, -0.1) is 0 Å². The van der Waals surface area contributed by atoms with Gasteiger partial charge in [0.1, 0.15) is 0 Å². The molecule has 1 heteroatoms. The van der Waals surface area contributed by atoms with E-state index in [1.165, 1.54) is 27.8 Å². The van der Waals surface area contributed by atoms with Crippen LogP contribution in [0.5, 0.6) is 0 Å². The van der Waals surface area contributed by atoms with Gasteiger partial charge in [-0.1, -0.05) is 131 Å². The van der Waals surface area contributed by atoms with Crippen LogP contribution in [0.3, 0.4) is 0 Å². The molecule has 0 heterocycles. The topological polar surface area (TPSA) is 0 Å². The summed E-state index contributed by atoms with van der Waals surface area (Å²) in [4.78, 5) is 0. The number of hydrogen-bond acceptors (Lipinski definition) is 0. The van der Waals surface area contributed by atoms with Crippen LogP contribution in [0.2, 0.25) is 0 Å². The van der Waals surface area contributed by atoms with Crippen molar-refractivity contribution in [2.45, 2.75) is 5.33 Å². The highest BCUT2D eigenvalue weighted by Crippen LogP contribution is 2.20. The first kappa shape index (κ1) is 18.2. The molecule has 0 aromatic heterocycles. The van der Waals surface area contributed by atoms with E-state index >= 15 is 0 Å². The SMILES string of the molecule is BrCc1ccc(-c2ccccc2)cc1.c1ccc(-c2ccccc2)cc1. The Morgan fingerprint density at radius 2 is 0.692 bits per heavy atom. The van der Waals surface area contributed by atoms with Gasteiger partial charge in [0, 0.05) is 5.33 Å². The zero-order valence-corrected chi connectivity index (χ0v) is 16.1. The van der Waals surface area contributed by atoms with E-state index in [2.05, 4.69) is 113 Å². The van der Waals surface area contributed by atoms with Crippen molar-refractivity contribution in [1.29, 1.82) is 0 Å². The lowest BCUT2D eigenvalue weighted by atomic mass is 10.0. The lowest BCUT2D eigenvalue weighted by Crippen LogP contribution is -1.79. The van der Waals surface area contributed by atoms with Crippen molar-refractivity contribution in [1.82, 2.24) is 0 Å². The Hall–Kier alpha value is -2.64. The third-order valence-corrected chi connectivity index (χ3v) is 4.74. The molecule has 0 aliphatic carbocycles. The molecule has 0 spiro atoms. The molecule has 0 fully saturated rings. The standard InChI is InChI=1S/C13H11Br.C12H10/c14-10-11-6-8-13(9-7-11)12-4-2-1-3-5-12;1-3-7-11(8-4-1)12-9-5-2-6-10-12/h1-9H,10H2;1-10H. The van der Waals surface area contributed by atoms with Gasteiger partial charge in [0.25, 0.3) is 0 Å². The van der Waals surface area contributed by atoms with E-state index in [-0.39, 0.29) is 0 Å². The van der Waals surface area contributed by atoms with Crippen molar-refractivity contribution in [3.8, 4) is 22.3 Å². The molecular formula is C25H21Br. The maximum Gasteiger partial charge on any atom is 0.0283 e. The molecule has 0 N–H and O–H groups in total. The Bertz CT molecular complexity index is 845. The molecular weight excluding hydrogens is 380 g/mol. The maximum atomic E-state index is 3.44. The number of benzene rings is 4. The highest BCUT2D eigenvalue weighted by molar-refractivity contribution is 9.08. The largest absolute Gasteiger partial charge is 0.0876 e. The van der Waals surface area contributed by atoms with Gasteiger partial charge in [0.2, 0.25) is 0 Å². The predicted octanol–water partition coefficient (Wildman–Crippen LogP) is 7.60. The molecule has 0 radical (unpaired) electrons. The van der Waals surface area contributed by atoms with E-state index in [0.29, 0.717) is 0 Å². The molecule has 0 saturated carbocycles. The first-order valence-corrected chi connectivity index (χ1v) is 9.80. The Kier molecular flexibility index (Phi) is 6.80. The zero-order chi connectivity index (χ0) is 18.0. The summed E-state index contributed by atoms with van der Waals surface area (Å²) in [6.45, 7) is 0. The monoisotopic (exact) mass is 400 g/mol. The molecule has 0 aliphatic rings. The minimum atomic E-state index is 0.919. The summed E-state index contributed by atoms with van der Waals surface area (Å²) in [6, 6.07) is 39.8. The van der Waals surface area contributed by atoms with E-state index in [0.717, 1.165) is 5.33 Å². The summed E-state index contributed by atoms with van der Waals surface area (Å²) in [5.41, 5.74) is 6.41. The van der Waals surface area contributed by atoms with Gasteiger partial charge in [-0.25, -0.2) is 0 Å². The van der Waals surface area contributed by atoms with E-state index < -0.39 is 0 Å². The molecule has 128 valence electrons. The van der Waals surface area contributed by atoms with E-state index in [4.69, 9.17) is 0 Å². The molecule has 0 unspecified atom stereocenters. The van der Waals surface area contributed by atoms with Crippen molar-refractivity contribution >= 4 is 15.9 Å². The quantitative estimate of drug-likeness (QED) is 0.310. The number of alkyl halides is 1. The van der Waals surface area contributed by atoms with Gasteiger partial charge < -0.3 is 0 Å². The zero-order valence-electron chi connectivity index (χ0n) is 14.6. The summed E-state index contributed by atoms with van der Waals surface area (Å²) < 4.78 is 0. The van der Waals surface area contributed by atoms with Crippen LogP contribution in [0.15, 0.2) is 115 Å². The number of hydrogen-bond donors (Lipinski definition) is 0. The molecule has 4 aromatic carbocycles. The molecule has 0 aliphatic heterocycles. The Labute approximate surface area is 164 Å². The minimum absolute atomic E-state index is 0.919. The van der Waals surface area contributed by atoms with Crippen molar-refractivity contribution < 1.29 is 0 Å². The van der Waals surface area contributed by atoms with Gasteiger partial charge in [0.05, 0.1) is 0 Å². The highest BCUT2D eigenvalue weighted by Gasteiger charge is 1.95. The van der Waals surface area contributed by atoms with Crippen molar-refractivity contribution in [2.75, 3.05) is 0 Å². The third kappa shape index (κ3) is 5.18. The fourth-order valence-electron chi connectivity index (χ4n) is 2.68. The molecule has 0 bridgehead atoms. The average Bonchev–Trinajstić information content (AvgIpc) is 2.76. The van der Waals surface area contributed by atoms with Gasteiger partial charge >= 0.3 is 0 Å². The molecule has 26 heavy (non-hydrogen) atoms. The molecule has 0 amide bonds. The van der Waals surface area contributed by atoms with Crippen LogP contribution in [0, 0.1) is 0 Å². The molecule has 0 nitrogen and oxygen atoms in total. The van der Waals surface area contributed by atoms with Crippen LogP contribution < -0.4 is 0 Å². The molecule has 4 aromatic rings. The molecule has 4 rings (SSSR count). The second-order valence-electron chi connectivity index (χ2n) is 5.93. The van der Waals surface area contributed by atoms with Gasteiger partial charge in [0.15, 0.2) is 0 Å². The second-order valence-corrected chi connectivity index (χ2v) is 6.49. The van der Waals surface area contributed by atoms with Crippen LogP contribution in [0.25, 0.3) is 22.3 Å².